The third kappa shape index (κ3) is 4.08. The van der Waals surface area contributed by atoms with Crippen molar-refractivity contribution < 1.29 is 9.47 Å². The first-order chi connectivity index (χ1) is 11.3. The van der Waals surface area contributed by atoms with E-state index in [9.17, 15) is 0 Å². The van der Waals surface area contributed by atoms with Gasteiger partial charge in [0.15, 0.2) is 0 Å². The van der Waals surface area contributed by atoms with Crippen LogP contribution in [-0.2, 0) is 11.2 Å². The van der Waals surface area contributed by atoms with Crippen molar-refractivity contribution in [2.45, 2.75) is 19.4 Å². The Hall–Kier alpha value is -1.93. The lowest BCUT2D eigenvalue weighted by atomic mass is 9.98. The first-order valence-electron chi connectivity index (χ1n) is 7.58. The second kappa shape index (κ2) is 7.56. The normalized spacial score (nSPS) is 16.9. The third-order valence-corrected chi connectivity index (χ3v) is 3.95. The summed E-state index contributed by atoms with van der Waals surface area (Å²) < 4.78 is 11.0. The van der Waals surface area contributed by atoms with Gasteiger partial charge in [-0.25, -0.2) is 0 Å². The maximum atomic E-state index is 6.35. The Morgan fingerprint density at radius 2 is 2.00 bits per heavy atom. The molecule has 0 fully saturated rings. The van der Waals surface area contributed by atoms with Gasteiger partial charge in [-0.15, -0.1) is 0 Å². The molecule has 2 nitrogen and oxygen atoms in total. The van der Waals surface area contributed by atoms with E-state index in [1.807, 2.05) is 31.2 Å². The fourth-order valence-corrected chi connectivity index (χ4v) is 2.64. The van der Waals surface area contributed by atoms with Crippen LogP contribution in [0.3, 0.4) is 0 Å². The Morgan fingerprint density at radius 1 is 1.17 bits per heavy atom. The second-order valence-electron chi connectivity index (χ2n) is 5.21. The second-order valence-corrected chi connectivity index (χ2v) is 5.62. The lowest BCUT2D eigenvalue weighted by Crippen LogP contribution is -2.06. The molecule has 1 atom stereocenters. The Balaban J connectivity index is 1.77. The van der Waals surface area contributed by atoms with Crippen LogP contribution in [0, 0.1) is 12.8 Å². The molecule has 0 amide bonds. The molecule has 1 aliphatic heterocycles. The number of allylic oxidation sites excluding steroid dienone is 1. The summed E-state index contributed by atoms with van der Waals surface area (Å²) >= 11 is 6.35. The van der Waals surface area contributed by atoms with E-state index in [1.165, 1.54) is 5.56 Å². The van der Waals surface area contributed by atoms with Gasteiger partial charge in [0.2, 0.25) is 0 Å². The van der Waals surface area contributed by atoms with Crippen LogP contribution in [0.4, 0.5) is 0 Å². The van der Waals surface area contributed by atoms with Gasteiger partial charge in [0.25, 0.3) is 0 Å². The van der Waals surface area contributed by atoms with Crippen molar-refractivity contribution in [3.63, 3.8) is 0 Å². The first-order valence-corrected chi connectivity index (χ1v) is 7.95. The van der Waals surface area contributed by atoms with E-state index >= 15 is 0 Å². The van der Waals surface area contributed by atoms with E-state index in [0.29, 0.717) is 6.61 Å². The van der Waals surface area contributed by atoms with Gasteiger partial charge in [0.1, 0.15) is 11.9 Å². The molecule has 0 saturated heterocycles. The molecule has 4 radical (unpaired) electrons. The predicted octanol–water partition coefficient (Wildman–Crippen LogP) is 5.08. The standard InChI is InChI=1S/C20H17ClO2/c1-2-22-18-9-6-15(7-10-18)13-17-14-16(8-11-19(17)21)20-5-3-4-12-23-20/h4,6-12,14,20H,2,13H2,1H3/t20-/m0/s1. The van der Waals surface area contributed by atoms with Crippen molar-refractivity contribution in [3.8, 4) is 5.75 Å². The summed E-state index contributed by atoms with van der Waals surface area (Å²) in [5.41, 5.74) is 3.27. The average molecular weight is 325 g/mol. The lowest BCUT2D eigenvalue weighted by molar-refractivity contribution is 0.171. The zero-order chi connectivity index (χ0) is 16.1. The van der Waals surface area contributed by atoms with Crippen molar-refractivity contribution in [3.05, 3.63) is 89.4 Å². The molecule has 3 heteroatoms. The van der Waals surface area contributed by atoms with Crippen molar-refractivity contribution in [2.24, 2.45) is 0 Å². The van der Waals surface area contributed by atoms with Gasteiger partial charge < -0.3 is 9.47 Å². The molecular formula is C20H17ClO2. The first kappa shape index (κ1) is 15.9. The molecule has 0 saturated carbocycles. The maximum absolute atomic E-state index is 6.35. The highest BCUT2D eigenvalue weighted by Crippen LogP contribution is 2.29. The summed E-state index contributed by atoms with van der Waals surface area (Å²) in [4.78, 5) is 0. The van der Waals surface area contributed by atoms with Gasteiger partial charge in [0, 0.05) is 17.9 Å². The number of hydrogen-bond acceptors (Lipinski definition) is 2. The summed E-state index contributed by atoms with van der Waals surface area (Å²) in [6.07, 6.45) is 9.84. The minimum Gasteiger partial charge on any atom is -0.494 e. The van der Waals surface area contributed by atoms with Gasteiger partial charge >= 0.3 is 0 Å². The SMILES string of the molecule is CCOc1ccc(Cc2cc([C@@H]3[C][C]C=CO3)ccc2Cl)cc1. The lowest BCUT2D eigenvalue weighted by Gasteiger charge is -2.19. The highest BCUT2D eigenvalue weighted by molar-refractivity contribution is 6.31. The van der Waals surface area contributed by atoms with Gasteiger partial charge in [-0.1, -0.05) is 35.9 Å². The molecule has 0 bridgehead atoms. The van der Waals surface area contributed by atoms with Crippen molar-refractivity contribution in [1.82, 2.24) is 0 Å². The summed E-state index contributed by atoms with van der Waals surface area (Å²) in [5.74, 6) is 0.883. The molecule has 2 aromatic rings. The summed E-state index contributed by atoms with van der Waals surface area (Å²) in [6, 6.07) is 14.0. The quantitative estimate of drug-likeness (QED) is 0.763. The number of hydrogen-bond donors (Lipinski definition) is 0. The maximum Gasteiger partial charge on any atom is 0.131 e. The van der Waals surface area contributed by atoms with Crippen LogP contribution >= 0.6 is 11.6 Å². The monoisotopic (exact) mass is 324 g/mol. The van der Waals surface area contributed by atoms with Crippen molar-refractivity contribution >= 4 is 11.6 Å². The van der Waals surface area contributed by atoms with Crippen LogP contribution in [-0.4, -0.2) is 6.61 Å². The molecule has 23 heavy (non-hydrogen) atoms. The van der Waals surface area contributed by atoms with E-state index in [0.717, 1.165) is 28.3 Å². The minimum atomic E-state index is -0.226. The Bertz CT molecular complexity index is 677. The number of rotatable bonds is 5. The molecule has 0 N–H and O–H groups in total. The molecule has 1 aliphatic rings. The molecule has 3 rings (SSSR count). The molecule has 0 unspecified atom stereocenters. The molecule has 0 spiro atoms. The number of benzene rings is 2. The Morgan fingerprint density at radius 3 is 2.70 bits per heavy atom. The molecule has 0 aliphatic carbocycles. The molecular weight excluding hydrogens is 308 g/mol. The van der Waals surface area contributed by atoms with Crippen LogP contribution in [0.5, 0.6) is 5.75 Å². The van der Waals surface area contributed by atoms with Crippen LogP contribution in [0.1, 0.15) is 29.7 Å². The van der Waals surface area contributed by atoms with Crippen molar-refractivity contribution in [1.29, 1.82) is 0 Å². The summed E-state index contributed by atoms with van der Waals surface area (Å²) in [5, 5.41) is 0.752. The van der Waals surface area contributed by atoms with Crippen LogP contribution in [0.2, 0.25) is 5.02 Å². The summed E-state index contributed by atoms with van der Waals surface area (Å²) in [7, 11) is 0. The number of halogens is 1. The van der Waals surface area contributed by atoms with Gasteiger partial charge in [-0.3, -0.25) is 0 Å². The Kier molecular flexibility index (Phi) is 5.24. The number of ether oxygens (including phenoxy) is 2. The van der Waals surface area contributed by atoms with Gasteiger partial charge in [-0.05, 0) is 54.3 Å². The zero-order valence-corrected chi connectivity index (χ0v) is 13.6. The van der Waals surface area contributed by atoms with Gasteiger partial charge in [-0.2, -0.15) is 0 Å². The van der Waals surface area contributed by atoms with E-state index in [-0.39, 0.29) is 6.10 Å². The van der Waals surface area contributed by atoms with E-state index in [1.54, 1.807) is 12.3 Å². The fraction of sp³-hybridized carbons (Fsp3) is 0.200. The van der Waals surface area contributed by atoms with E-state index in [4.69, 9.17) is 21.1 Å². The van der Waals surface area contributed by atoms with Crippen LogP contribution in [0.15, 0.2) is 54.8 Å². The molecule has 2 aromatic carbocycles. The van der Waals surface area contributed by atoms with Crippen LogP contribution < -0.4 is 4.74 Å². The average Bonchev–Trinajstić information content (AvgIpc) is 2.59. The van der Waals surface area contributed by atoms with E-state index in [2.05, 4.69) is 31.0 Å². The summed E-state index contributed by atoms with van der Waals surface area (Å²) in [6.45, 7) is 2.65. The predicted molar refractivity (Wildman–Crippen MR) is 91.3 cm³/mol. The van der Waals surface area contributed by atoms with Gasteiger partial charge in [0.05, 0.1) is 12.9 Å². The largest absolute Gasteiger partial charge is 0.494 e. The van der Waals surface area contributed by atoms with Crippen LogP contribution in [0.25, 0.3) is 0 Å². The smallest absolute Gasteiger partial charge is 0.131 e. The topological polar surface area (TPSA) is 18.5 Å². The highest BCUT2D eigenvalue weighted by atomic mass is 35.5. The van der Waals surface area contributed by atoms with E-state index < -0.39 is 0 Å². The third-order valence-electron chi connectivity index (χ3n) is 3.58. The highest BCUT2D eigenvalue weighted by Gasteiger charge is 2.16. The molecule has 116 valence electrons. The Labute approximate surface area is 142 Å². The minimum absolute atomic E-state index is 0.226. The molecule has 0 aromatic heterocycles. The van der Waals surface area contributed by atoms with Crippen molar-refractivity contribution in [2.75, 3.05) is 6.61 Å². The fourth-order valence-electron chi connectivity index (χ4n) is 2.45. The molecule has 1 heterocycles. The zero-order valence-electron chi connectivity index (χ0n) is 12.9.